The molecule has 1 aliphatic heterocycles. The maximum atomic E-state index is 12.6. The van der Waals surface area contributed by atoms with Crippen LogP contribution in [0.4, 0.5) is 5.69 Å². The second-order valence-corrected chi connectivity index (χ2v) is 6.90. The number of nitrogens with one attached hydrogen (secondary N) is 1. The third-order valence-corrected chi connectivity index (χ3v) is 5.21. The second-order valence-electron chi connectivity index (χ2n) is 6.90. The Kier molecular flexibility index (Phi) is 4.25. The third kappa shape index (κ3) is 2.81. The maximum absolute atomic E-state index is 12.6. The van der Waals surface area contributed by atoms with Crippen molar-refractivity contribution in [1.29, 1.82) is 0 Å². The van der Waals surface area contributed by atoms with Gasteiger partial charge in [-0.05, 0) is 42.5 Å². The third-order valence-electron chi connectivity index (χ3n) is 5.21. The van der Waals surface area contributed by atoms with Crippen LogP contribution in [-0.4, -0.2) is 29.5 Å². The number of imidazole rings is 1. The van der Waals surface area contributed by atoms with Gasteiger partial charge in [-0.25, -0.2) is 4.98 Å². The van der Waals surface area contributed by atoms with Crippen LogP contribution in [-0.2, 0) is 4.79 Å². The van der Waals surface area contributed by atoms with E-state index in [1.54, 1.807) is 14.2 Å². The number of nitrogens with zero attached hydrogens (tertiary/aromatic N) is 2. The zero-order valence-corrected chi connectivity index (χ0v) is 16.5. The minimum absolute atomic E-state index is 0.124. The zero-order chi connectivity index (χ0) is 20.7. The van der Waals surface area contributed by atoms with E-state index >= 15 is 0 Å². The van der Waals surface area contributed by atoms with E-state index in [-0.39, 0.29) is 5.91 Å². The summed E-state index contributed by atoms with van der Waals surface area (Å²) >= 11 is 0. The molecule has 1 N–H and O–H groups in total. The summed E-state index contributed by atoms with van der Waals surface area (Å²) in [6, 6.07) is 19.3. The molecule has 1 aliphatic rings. The van der Waals surface area contributed by atoms with Crippen molar-refractivity contribution in [2.45, 2.75) is 0 Å². The lowest BCUT2D eigenvalue weighted by Gasteiger charge is -2.09. The molecule has 6 heteroatoms. The molecule has 148 valence electrons. The number of anilines is 1. The van der Waals surface area contributed by atoms with Crippen LogP contribution in [0, 0.1) is 0 Å². The molecule has 2 aromatic heterocycles. The molecule has 6 nitrogen and oxygen atoms in total. The van der Waals surface area contributed by atoms with Crippen molar-refractivity contribution in [2.24, 2.45) is 0 Å². The van der Waals surface area contributed by atoms with E-state index in [9.17, 15) is 4.79 Å². The first-order valence-electron chi connectivity index (χ1n) is 9.51. The van der Waals surface area contributed by atoms with Gasteiger partial charge in [0.05, 0.1) is 31.0 Å². The summed E-state index contributed by atoms with van der Waals surface area (Å²) < 4.78 is 12.8. The van der Waals surface area contributed by atoms with Crippen molar-refractivity contribution in [3.8, 4) is 22.9 Å². The molecule has 4 aromatic rings. The Morgan fingerprint density at radius 3 is 2.60 bits per heavy atom. The SMILES string of the molecule is COc1ccc(-c2nc(/C=C3/C(=O)Nc4ccccc43)c3ccccn23)cc1OC. The Labute approximate surface area is 173 Å². The number of aromatic nitrogens is 2. The van der Waals surface area contributed by atoms with Crippen molar-refractivity contribution in [1.82, 2.24) is 9.38 Å². The highest BCUT2D eigenvalue weighted by molar-refractivity contribution is 6.35. The molecule has 30 heavy (non-hydrogen) atoms. The minimum atomic E-state index is -0.124. The summed E-state index contributed by atoms with van der Waals surface area (Å²) in [6.45, 7) is 0. The van der Waals surface area contributed by atoms with Crippen LogP contribution in [0.2, 0.25) is 0 Å². The fraction of sp³-hybridized carbons (Fsp3) is 0.0833. The molecule has 1 amide bonds. The molecule has 0 saturated heterocycles. The molecular formula is C24H19N3O3. The second kappa shape index (κ2) is 7.08. The number of fused-ring (bicyclic) bond motifs is 2. The molecule has 0 bridgehead atoms. The number of amides is 1. The van der Waals surface area contributed by atoms with Crippen LogP contribution in [0.1, 0.15) is 11.3 Å². The summed E-state index contributed by atoms with van der Waals surface area (Å²) in [6.07, 6.45) is 3.81. The van der Waals surface area contributed by atoms with Crippen LogP contribution < -0.4 is 14.8 Å². The number of benzene rings is 2. The number of ether oxygens (including phenoxy) is 2. The highest BCUT2D eigenvalue weighted by atomic mass is 16.5. The van der Waals surface area contributed by atoms with Gasteiger partial charge in [-0.3, -0.25) is 9.20 Å². The Balaban J connectivity index is 1.69. The fourth-order valence-electron chi connectivity index (χ4n) is 3.77. The van der Waals surface area contributed by atoms with Crippen LogP contribution in [0.15, 0.2) is 66.9 Å². The molecule has 0 saturated carbocycles. The monoisotopic (exact) mass is 397 g/mol. The topological polar surface area (TPSA) is 64.9 Å². The smallest absolute Gasteiger partial charge is 0.256 e. The predicted octanol–water partition coefficient (Wildman–Crippen LogP) is 4.51. The molecule has 5 rings (SSSR count). The molecule has 2 aromatic carbocycles. The zero-order valence-electron chi connectivity index (χ0n) is 16.5. The van der Waals surface area contributed by atoms with Crippen LogP contribution in [0.25, 0.3) is 28.6 Å². The molecule has 0 radical (unpaired) electrons. The van der Waals surface area contributed by atoms with Crippen molar-refractivity contribution in [2.75, 3.05) is 19.5 Å². The number of carbonyl (C=O) groups is 1. The van der Waals surface area contributed by atoms with E-state index in [1.165, 1.54) is 0 Å². The van der Waals surface area contributed by atoms with E-state index in [4.69, 9.17) is 14.5 Å². The lowest BCUT2D eigenvalue weighted by atomic mass is 10.1. The van der Waals surface area contributed by atoms with Crippen molar-refractivity contribution in [3.05, 3.63) is 78.1 Å². The van der Waals surface area contributed by atoms with Crippen LogP contribution >= 0.6 is 0 Å². The first-order valence-corrected chi connectivity index (χ1v) is 9.51. The van der Waals surface area contributed by atoms with Gasteiger partial charge < -0.3 is 14.8 Å². The molecule has 0 spiro atoms. The van der Waals surface area contributed by atoms with E-state index in [1.807, 2.05) is 77.3 Å². The average Bonchev–Trinajstić information content (AvgIpc) is 3.31. The number of pyridine rings is 1. The summed E-state index contributed by atoms with van der Waals surface area (Å²) in [5.74, 6) is 1.92. The first-order chi connectivity index (χ1) is 14.7. The summed E-state index contributed by atoms with van der Waals surface area (Å²) in [5, 5.41) is 2.91. The quantitative estimate of drug-likeness (QED) is 0.515. The van der Waals surface area contributed by atoms with Crippen LogP contribution in [0.3, 0.4) is 0 Å². The van der Waals surface area contributed by atoms with Gasteiger partial charge in [0.1, 0.15) is 5.82 Å². The van der Waals surface area contributed by atoms with Crippen molar-refractivity contribution >= 4 is 28.8 Å². The fourth-order valence-corrected chi connectivity index (χ4v) is 3.77. The van der Waals surface area contributed by atoms with Gasteiger partial charge in [0.25, 0.3) is 5.91 Å². The van der Waals surface area contributed by atoms with Crippen LogP contribution in [0.5, 0.6) is 11.5 Å². The molecule has 3 heterocycles. The molecule has 0 fully saturated rings. The largest absolute Gasteiger partial charge is 0.493 e. The number of para-hydroxylation sites is 1. The Bertz CT molecular complexity index is 1320. The average molecular weight is 397 g/mol. The first kappa shape index (κ1) is 18.0. The van der Waals surface area contributed by atoms with Gasteiger partial charge in [-0.15, -0.1) is 0 Å². The normalized spacial score (nSPS) is 14.1. The molecule has 0 aliphatic carbocycles. The minimum Gasteiger partial charge on any atom is -0.493 e. The molecule has 0 unspecified atom stereocenters. The number of hydrogen-bond donors (Lipinski definition) is 1. The van der Waals surface area contributed by atoms with Gasteiger partial charge in [-0.1, -0.05) is 24.3 Å². The van der Waals surface area contributed by atoms with Gasteiger partial charge in [-0.2, -0.15) is 0 Å². The lowest BCUT2D eigenvalue weighted by Crippen LogP contribution is -2.03. The van der Waals surface area contributed by atoms with Gasteiger partial charge in [0.2, 0.25) is 0 Å². The van der Waals surface area contributed by atoms with E-state index < -0.39 is 0 Å². The summed E-state index contributed by atoms with van der Waals surface area (Å²) in [4.78, 5) is 17.4. The Hall–Kier alpha value is -4.06. The number of hydrogen-bond acceptors (Lipinski definition) is 4. The summed E-state index contributed by atoms with van der Waals surface area (Å²) in [7, 11) is 3.22. The van der Waals surface area contributed by atoms with E-state index in [0.29, 0.717) is 17.1 Å². The van der Waals surface area contributed by atoms with E-state index in [0.717, 1.165) is 33.8 Å². The molecular weight excluding hydrogens is 378 g/mol. The van der Waals surface area contributed by atoms with Crippen molar-refractivity contribution in [3.63, 3.8) is 0 Å². The number of rotatable bonds is 4. The van der Waals surface area contributed by atoms with E-state index in [2.05, 4.69) is 5.32 Å². The standard InChI is InChI=1S/C24H19N3O3/c1-29-21-11-10-15(13-22(21)30-2)23-25-19(20-9-5-6-12-27(20)23)14-17-16-7-3-4-8-18(16)26-24(17)28/h3-14H,1-2H3,(H,26,28)/b17-14+. The number of carbonyl (C=O) groups excluding carboxylic acids is 1. The number of methoxy groups -OCH3 is 2. The molecule has 0 atom stereocenters. The Morgan fingerprint density at radius 2 is 1.77 bits per heavy atom. The lowest BCUT2D eigenvalue weighted by molar-refractivity contribution is -0.110. The highest BCUT2D eigenvalue weighted by Gasteiger charge is 2.24. The summed E-state index contributed by atoms with van der Waals surface area (Å²) in [5.41, 5.74) is 4.82. The predicted molar refractivity (Wildman–Crippen MR) is 117 cm³/mol. The maximum Gasteiger partial charge on any atom is 0.256 e. The Morgan fingerprint density at radius 1 is 0.967 bits per heavy atom. The van der Waals surface area contributed by atoms with Gasteiger partial charge >= 0.3 is 0 Å². The van der Waals surface area contributed by atoms with Crippen molar-refractivity contribution < 1.29 is 14.3 Å². The van der Waals surface area contributed by atoms with Gasteiger partial charge in [0.15, 0.2) is 11.5 Å². The van der Waals surface area contributed by atoms with Gasteiger partial charge in [0, 0.05) is 23.0 Å². The highest BCUT2D eigenvalue weighted by Crippen LogP contribution is 2.35.